The van der Waals surface area contributed by atoms with Crippen molar-refractivity contribution in [2.75, 3.05) is 6.54 Å². The lowest BCUT2D eigenvalue weighted by Crippen LogP contribution is -2.34. The number of nitrogens with zero attached hydrogens (tertiary/aromatic N) is 1. The molecule has 1 aliphatic rings. The van der Waals surface area contributed by atoms with Crippen molar-refractivity contribution < 1.29 is 17.6 Å². The van der Waals surface area contributed by atoms with Crippen LogP contribution in [0.5, 0.6) is 0 Å². The van der Waals surface area contributed by atoms with Gasteiger partial charge in [0.2, 0.25) is 0 Å². The van der Waals surface area contributed by atoms with Crippen LogP contribution in [0.1, 0.15) is 35.7 Å². The van der Waals surface area contributed by atoms with Gasteiger partial charge in [-0.25, -0.2) is 12.8 Å². The fourth-order valence-electron chi connectivity index (χ4n) is 2.42. The van der Waals surface area contributed by atoms with Crippen molar-refractivity contribution in [2.24, 2.45) is 0 Å². The van der Waals surface area contributed by atoms with Crippen molar-refractivity contribution in [3.05, 3.63) is 29.1 Å². The number of aryl methyl sites for hydroxylation is 1. The molecular weight excluding hydrogens is 305 g/mol. The molecule has 0 saturated carbocycles. The van der Waals surface area contributed by atoms with Crippen molar-refractivity contribution in [1.29, 1.82) is 0 Å². The molecule has 0 radical (unpaired) electrons. The second kappa shape index (κ2) is 5.33. The zero-order valence-electron chi connectivity index (χ0n) is 11.2. The zero-order valence-corrected chi connectivity index (χ0v) is 12.8. The predicted octanol–water partition coefficient (Wildman–Crippen LogP) is 2.69. The van der Waals surface area contributed by atoms with Gasteiger partial charge in [-0.2, -0.15) is 0 Å². The van der Waals surface area contributed by atoms with E-state index in [9.17, 15) is 17.6 Å². The van der Waals surface area contributed by atoms with Crippen LogP contribution >= 0.6 is 10.7 Å². The molecule has 1 aromatic rings. The first kappa shape index (κ1) is 15.3. The second-order valence-electron chi connectivity index (χ2n) is 5.03. The van der Waals surface area contributed by atoms with Crippen LogP contribution in [-0.4, -0.2) is 31.8 Å². The quantitative estimate of drug-likeness (QED) is 0.788. The summed E-state index contributed by atoms with van der Waals surface area (Å²) in [4.78, 5) is 13.7. The molecule has 7 heteroatoms. The van der Waals surface area contributed by atoms with Crippen LogP contribution in [0, 0.1) is 12.7 Å². The molecule has 1 fully saturated rings. The highest BCUT2D eigenvalue weighted by Crippen LogP contribution is 2.26. The molecule has 0 N–H and O–H groups in total. The van der Waals surface area contributed by atoms with Gasteiger partial charge in [-0.15, -0.1) is 0 Å². The van der Waals surface area contributed by atoms with E-state index in [0.29, 0.717) is 6.54 Å². The maximum Gasteiger partial charge on any atom is 0.261 e. The lowest BCUT2D eigenvalue weighted by Gasteiger charge is -2.22. The van der Waals surface area contributed by atoms with Crippen LogP contribution in [0.25, 0.3) is 0 Å². The Balaban J connectivity index is 2.50. The first-order valence-electron chi connectivity index (χ1n) is 6.27. The molecule has 1 atom stereocenters. The molecule has 1 aromatic carbocycles. The molecule has 4 nitrogen and oxygen atoms in total. The second-order valence-corrected chi connectivity index (χ2v) is 7.60. The summed E-state index contributed by atoms with van der Waals surface area (Å²) in [5, 5.41) is 0. The summed E-state index contributed by atoms with van der Waals surface area (Å²) in [6.07, 6.45) is 1.72. The van der Waals surface area contributed by atoms with E-state index < -0.39 is 20.8 Å². The van der Waals surface area contributed by atoms with Crippen LogP contribution in [0.2, 0.25) is 0 Å². The zero-order chi connectivity index (χ0) is 15.1. The van der Waals surface area contributed by atoms with Crippen molar-refractivity contribution in [3.63, 3.8) is 0 Å². The Morgan fingerprint density at radius 1 is 1.45 bits per heavy atom. The number of hydrogen-bond acceptors (Lipinski definition) is 3. The predicted molar refractivity (Wildman–Crippen MR) is 73.9 cm³/mol. The van der Waals surface area contributed by atoms with Crippen molar-refractivity contribution in [3.8, 4) is 0 Å². The topological polar surface area (TPSA) is 54.5 Å². The lowest BCUT2D eigenvalue weighted by atomic mass is 10.1. The summed E-state index contributed by atoms with van der Waals surface area (Å²) in [6, 6.07) is 2.17. The molecule has 0 aromatic heterocycles. The fourth-order valence-corrected chi connectivity index (χ4v) is 3.27. The van der Waals surface area contributed by atoms with E-state index in [1.54, 1.807) is 4.90 Å². The number of likely N-dealkylation sites (tertiary alicyclic amines) is 1. The maximum absolute atomic E-state index is 14.1. The summed E-state index contributed by atoms with van der Waals surface area (Å²) in [5.41, 5.74) is -0.153. The molecule has 1 aliphatic heterocycles. The van der Waals surface area contributed by atoms with E-state index in [1.165, 1.54) is 6.92 Å². The lowest BCUT2D eigenvalue weighted by molar-refractivity contribution is 0.0742. The van der Waals surface area contributed by atoms with E-state index in [0.717, 1.165) is 25.0 Å². The molecule has 1 amide bonds. The van der Waals surface area contributed by atoms with Gasteiger partial charge in [-0.3, -0.25) is 4.79 Å². The molecule has 2 rings (SSSR count). The van der Waals surface area contributed by atoms with Gasteiger partial charge in [0.25, 0.3) is 15.0 Å². The Kier molecular flexibility index (Phi) is 4.07. The Bertz CT molecular complexity index is 660. The van der Waals surface area contributed by atoms with E-state index in [-0.39, 0.29) is 22.1 Å². The monoisotopic (exact) mass is 319 g/mol. The minimum atomic E-state index is -4.00. The minimum Gasteiger partial charge on any atom is -0.336 e. The number of halogens is 2. The maximum atomic E-state index is 14.1. The third-order valence-corrected chi connectivity index (χ3v) is 4.89. The molecule has 20 heavy (non-hydrogen) atoms. The number of rotatable bonds is 2. The Hall–Kier alpha value is -1.14. The summed E-state index contributed by atoms with van der Waals surface area (Å²) in [7, 11) is 1.27. The number of carbonyl (C=O) groups excluding carboxylic acids is 1. The normalized spacial score (nSPS) is 19.4. The first-order valence-corrected chi connectivity index (χ1v) is 8.58. The SMILES string of the molecule is Cc1cc(S(=O)(=O)Cl)cc(C(=O)N2CCCC2C)c1F. The van der Waals surface area contributed by atoms with Crippen molar-refractivity contribution >= 4 is 25.6 Å². The van der Waals surface area contributed by atoms with E-state index in [1.807, 2.05) is 6.92 Å². The molecule has 1 saturated heterocycles. The van der Waals surface area contributed by atoms with Gasteiger partial charge < -0.3 is 4.90 Å². The van der Waals surface area contributed by atoms with Crippen molar-refractivity contribution in [1.82, 2.24) is 4.90 Å². The van der Waals surface area contributed by atoms with E-state index >= 15 is 0 Å². The summed E-state index contributed by atoms with van der Waals surface area (Å²) < 4.78 is 36.9. The van der Waals surface area contributed by atoms with Gasteiger partial charge in [0.05, 0.1) is 10.5 Å². The van der Waals surface area contributed by atoms with Gasteiger partial charge in [0.15, 0.2) is 0 Å². The molecule has 0 spiro atoms. The summed E-state index contributed by atoms with van der Waals surface area (Å²) in [5.74, 6) is -1.18. The standard InChI is InChI=1S/C13H15ClFNO3S/c1-8-6-10(20(14,18)19)7-11(12(8)15)13(17)16-5-3-4-9(16)2/h6-7,9H,3-5H2,1-2H3. The van der Waals surface area contributed by atoms with Gasteiger partial charge in [-0.1, -0.05) is 0 Å². The van der Waals surface area contributed by atoms with Crippen LogP contribution < -0.4 is 0 Å². The minimum absolute atomic E-state index is 0.0264. The smallest absolute Gasteiger partial charge is 0.261 e. The number of hydrogen-bond donors (Lipinski definition) is 0. The Morgan fingerprint density at radius 3 is 2.60 bits per heavy atom. The van der Waals surface area contributed by atoms with E-state index in [2.05, 4.69) is 0 Å². The highest BCUT2D eigenvalue weighted by molar-refractivity contribution is 8.13. The molecule has 0 aliphatic carbocycles. The molecule has 0 bridgehead atoms. The Labute approximate surface area is 121 Å². The largest absolute Gasteiger partial charge is 0.336 e. The molecule has 1 unspecified atom stereocenters. The average molecular weight is 320 g/mol. The molecule has 110 valence electrons. The van der Waals surface area contributed by atoms with E-state index in [4.69, 9.17) is 10.7 Å². The Morgan fingerprint density at radius 2 is 2.10 bits per heavy atom. The number of amides is 1. The van der Waals surface area contributed by atoms with Crippen LogP contribution in [-0.2, 0) is 9.05 Å². The highest BCUT2D eigenvalue weighted by atomic mass is 35.7. The van der Waals surface area contributed by atoms with Crippen LogP contribution in [0.4, 0.5) is 4.39 Å². The first-order chi connectivity index (χ1) is 9.21. The summed E-state index contributed by atoms with van der Waals surface area (Å²) in [6.45, 7) is 3.85. The number of benzene rings is 1. The summed E-state index contributed by atoms with van der Waals surface area (Å²) >= 11 is 0. The number of carbonyl (C=O) groups is 1. The van der Waals surface area contributed by atoms with Gasteiger partial charge >= 0.3 is 0 Å². The van der Waals surface area contributed by atoms with Crippen molar-refractivity contribution in [2.45, 2.75) is 37.6 Å². The average Bonchev–Trinajstić information content (AvgIpc) is 2.76. The van der Waals surface area contributed by atoms with Gasteiger partial charge in [-0.05, 0) is 44.4 Å². The highest BCUT2D eigenvalue weighted by Gasteiger charge is 2.29. The van der Waals surface area contributed by atoms with Crippen LogP contribution in [0.3, 0.4) is 0 Å². The van der Waals surface area contributed by atoms with Gasteiger partial charge in [0.1, 0.15) is 5.82 Å². The van der Waals surface area contributed by atoms with Crippen LogP contribution in [0.15, 0.2) is 17.0 Å². The molecular formula is C13H15ClFNO3S. The fraction of sp³-hybridized carbons (Fsp3) is 0.462. The third-order valence-electron chi connectivity index (χ3n) is 3.55. The molecule has 1 heterocycles. The van der Waals surface area contributed by atoms with Gasteiger partial charge in [0, 0.05) is 23.3 Å². The third kappa shape index (κ3) is 2.81.